The van der Waals surface area contributed by atoms with Crippen LogP contribution in [0, 0.1) is 0 Å². The summed E-state index contributed by atoms with van der Waals surface area (Å²) in [4.78, 5) is 4.31. The molecule has 0 bridgehead atoms. The summed E-state index contributed by atoms with van der Waals surface area (Å²) in [5, 5.41) is 4.18. The van der Waals surface area contributed by atoms with E-state index in [9.17, 15) is 0 Å². The van der Waals surface area contributed by atoms with Crippen LogP contribution in [0.5, 0.6) is 0 Å². The molecule has 19 heavy (non-hydrogen) atoms. The van der Waals surface area contributed by atoms with Gasteiger partial charge < -0.3 is 9.73 Å². The minimum absolute atomic E-state index is 0.695. The van der Waals surface area contributed by atoms with Crippen LogP contribution in [0.25, 0.3) is 11.3 Å². The molecule has 100 valence electrons. The Morgan fingerprint density at radius 3 is 2.95 bits per heavy atom. The highest BCUT2D eigenvalue weighted by Crippen LogP contribution is 2.28. The topological polar surface area (TPSA) is 38.1 Å². The van der Waals surface area contributed by atoms with Gasteiger partial charge in [0.25, 0.3) is 0 Å². The summed E-state index contributed by atoms with van der Waals surface area (Å²) in [7, 11) is 0. The lowest BCUT2D eigenvalue weighted by Gasteiger charge is -2.00. The molecule has 0 saturated heterocycles. The van der Waals surface area contributed by atoms with Crippen molar-refractivity contribution in [3.63, 3.8) is 0 Å². The molecule has 1 fully saturated rings. The molecule has 0 aliphatic heterocycles. The zero-order valence-electron chi connectivity index (χ0n) is 10.7. The van der Waals surface area contributed by atoms with E-state index >= 15 is 0 Å². The molecule has 1 aromatic heterocycles. The molecule has 1 aliphatic carbocycles. The van der Waals surface area contributed by atoms with Crippen molar-refractivity contribution in [1.82, 2.24) is 10.3 Å². The Hall–Kier alpha value is -1.32. The lowest BCUT2D eigenvalue weighted by Crippen LogP contribution is -2.17. The predicted molar refractivity (Wildman–Crippen MR) is 76.3 cm³/mol. The molecule has 3 rings (SSSR count). The van der Waals surface area contributed by atoms with E-state index < -0.39 is 0 Å². The second kappa shape index (κ2) is 5.76. The summed E-state index contributed by atoms with van der Waals surface area (Å²) in [6.07, 6.45) is 6.33. The van der Waals surface area contributed by atoms with Crippen LogP contribution in [0.1, 0.15) is 25.2 Å². The van der Waals surface area contributed by atoms with E-state index in [1.54, 1.807) is 6.20 Å². The number of benzene rings is 1. The van der Waals surface area contributed by atoms with Gasteiger partial charge >= 0.3 is 0 Å². The summed E-state index contributed by atoms with van der Waals surface area (Å²) >= 11 is 6.14. The van der Waals surface area contributed by atoms with E-state index in [0.29, 0.717) is 5.02 Å². The first-order valence-corrected chi connectivity index (χ1v) is 7.14. The number of nitrogens with zero attached hydrogens (tertiary/aromatic N) is 1. The number of aryl methyl sites for hydroxylation is 1. The van der Waals surface area contributed by atoms with Crippen LogP contribution in [-0.4, -0.2) is 17.6 Å². The molecule has 0 spiro atoms. The molecular formula is C15H17ClN2O. The Bertz CT molecular complexity index is 549. The van der Waals surface area contributed by atoms with Gasteiger partial charge in [-0.2, -0.15) is 0 Å². The van der Waals surface area contributed by atoms with Gasteiger partial charge in [0.15, 0.2) is 11.7 Å². The molecule has 0 radical (unpaired) electrons. The number of oxazole rings is 1. The Morgan fingerprint density at radius 1 is 1.32 bits per heavy atom. The number of rotatable bonds is 6. The number of hydrogen-bond donors (Lipinski definition) is 1. The van der Waals surface area contributed by atoms with Crippen molar-refractivity contribution >= 4 is 11.6 Å². The van der Waals surface area contributed by atoms with E-state index in [-0.39, 0.29) is 0 Å². The monoisotopic (exact) mass is 276 g/mol. The Morgan fingerprint density at radius 2 is 2.16 bits per heavy atom. The van der Waals surface area contributed by atoms with Gasteiger partial charge in [0.2, 0.25) is 0 Å². The quantitative estimate of drug-likeness (QED) is 0.818. The van der Waals surface area contributed by atoms with Gasteiger partial charge in [-0.05, 0) is 37.9 Å². The van der Waals surface area contributed by atoms with E-state index in [1.807, 2.05) is 24.3 Å². The SMILES string of the molecule is Clc1ccccc1-c1cnc(CCCNC2CC2)o1. The second-order valence-corrected chi connectivity index (χ2v) is 5.34. The van der Waals surface area contributed by atoms with Crippen LogP contribution in [0.4, 0.5) is 0 Å². The molecule has 1 saturated carbocycles. The number of nitrogens with one attached hydrogen (secondary N) is 1. The predicted octanol–water partition coefficient (Wildman–Crippen LogP) is 3.68. The summed E-state index contributed by atoms with van der Waals surface area (Å²) in [6.45, 7) is 1.04. The van der Waals surface area contributed by atoms with E-state index in [2.05, 4.69) is 10.3 Å². The second-order valence-electron chi connectivity index (χ2n) is 4.93. The highest BCUT2D eigenvalue weighted by atomic mass is 35.5. The van der Waals surface area contributed by atoms with Crippen molar-refractivity contribution in [3.8, 4) is 11.3 Å². The molecule has 0 unspecified atom stereocenters. The van der Waals surface area contributed by atoms with E-state index in [4.69, 9.17) is 16.0 Å². The summed E-state index contributed by atoms with van der Waals surface area (Å²) < 4.78 is 5.75. The first kappa shape index (κ1) is 12.7. The highest BCUT2D eigenvalue weighted by molar-refractivity contribution is 6.33. The van der Waals surface area contributed by atoms with Crippen LogP contribution in [0.15, 0.2) is 34.9 Å². The Balaban J connectivity index is 1.57. The van der Waals surface area contributed by atoms with Crippen LogP contribution in [0.2, 0.25) is 5.02 Å². The van der Waals surface area contributed by atoms with Crippen molar-refractivity contribution in [3.05, 3.63) is 41.4 Å². The lowest BCUT2D eigenvalue weighted by atomic mass is 10.2. The van der Waals surface area contributed by atoms with Crippen molar-refractivity contribution in [2.75, 3.05) is 6.54 Å². The average molecular weight is 277 g/mol. The highest BCUT2D eigenvalue weighted by Gasteiger charge is 2.19. The molecule has 2 aromatic rings. The van der Waals surface area contributed by atoms with Crippen LogP contribution < -0.4 is 5.32 Å². The largest absolute Gasteiger partial charge is 0.441 e. The summed E-state index contributed by atoms with van der Waals surface area (Å²) in [5.74, 6) is 1.53. The molecular weight excluding hydrogens is 260 g/mol. The van der Waals surface area contributed by atoms with E-state index in [0.717, 1.165) is 42.6 Å². The Labute approximate surface area is 118 Å². The minimum atomic E-state index is 0.695. The maximum absolute atomic E-state index is 6.14. The van der Waals surface area contributed by atoms with Crippen molar-refractivity contribution < 1.29 is 4.42 Å². The first-order chi connectivity index (χ1) is 9.33. The molecule has 1 N–H and O–H groups in total. The molecule has 1 aromatic carbocycles. The number of aromatic nitrogens is 1. The molecule has 4 heteroatoms. The van der Waals surface area contributed by atoms with Gasteiger partial charge in [-0.1, -0.05) is 23.7 Å². The number of hydrogen-bond acceptors (Lipinski definition) is 3. The van der Waals surface area contributed by atoms with Crippen molar-refractivity contribution in [2.45, 2.75) is 31.7 Å². The minimum Gasteiger partial charge on any atom is -0.441 e. The Kier molecular flexibility index (Phi) is 3.85. The number of halogens is 1. The summed E-state index contributed by atoms with van der Waals surface area (Å²) in [6, 6.07) is 8.43. The zero-order chi connectivity index (χ0) is 13.1. The maximum atomic E-state index is 6.14. The van der Waals surface area contributed by atoms with Gasteiger partial charge in [0.05, 0.1) is 11.2 Å². The van der Waals surface area contributed by atoms with Crippen LogP contribution in [0.3, 0.4) is 0 Å². The molecule has 1 heterocycles. The van der Waals surface area contributed by atoms with Gasteiger partial charge in [0.1, 0.15) is 0 Å². The third-order valence-corrected chi connectivity index (χ3v) is 3.60. The van der Waals surface area contributed by atoms with Gasteiger partial charge in [-0.15, -0.1) is 0 Å². The fourth-order valence-electron chi connectivity index (χ4n) is 2.04. The van der Waals surface area contributed by atoms with Gasteiger partial charge in [-0.3, -0.25) is 0 Å². The van der Waals surface area contributed by atoms with Crippen molar-refractivity contribution in [2.24, 2.45) is 0 Å². The first-order valence-electron chi connectivity index (χ1n) is 6.76. The van der Waals surface area contributed by atoms with Crippen LogP contribution in [-0.2, 0) is 6.42 Å². The zero-order valence-corrected chi connectivity index (χ0v) is 11.5. The van der Waals surface area contributed by atoms with Crippen LogP contribution >= 0.6 is 11.6 Å². The molecule has 3 nitrogen and oxygen atoms in total. The third kappa shape index (κ3) is 3.37. The van der Waals surface area contributed by atoms with Gasteiger partial charge in [0, 0.05) is 18.0 Å². The third-order valence-electron chi connectivity index (χ3n) is 3.27. The van der Waals surface area contributed by atoms with Crippen molar-refractivity contribution in [1.29, 1.82) is 0 Å². The summed E-state index contributed by atoms with van der Waals surface area (Å²) in [5.41, 5.74) is 0.902. The fourth-order valence-corrected chi connectivity index (χ4v) is 2.27. The normalized spacial score (nSPS) is 14.8. The maximum Gasteiger partial charge on any atom is 0.194 e. The molecule has 1 aliphatic rings. The molecule has 0 amide bonds. The smallest absolute Gasteiger partial charge is 0.194 e. The molecule has 0 atom stereocenters. The standard InChI is InChI=1S/C15H17ClN2O/c16-13-5-2-1-4-12(13)14-10-18-15(19-14)6-3-9-17-11-7-8-11/h1-2,4-5,10-11,17H,3,6-9H2. The van der Waals surface area contributed by atoms with E-state index in [1.165, 1.54) is 12.8 Å². The van der Waals surface area contributed by atoms with Gasteiger partial charge in [-0.25, -0.2) is 4.98 Å². The fraction of sp³-hybridized carbons (Fsp3) is 0.400. The lowest BCUT2D eigenvalue weighted by molar-refractivity contribution is 0.491. The average Bonchev–Trinajstić information content (AvgIpc) is 3.13.